The Bertz CT molecular complexity index is 805. The summed E-state index contributed by atoms with van der Waals surface area (Å²) < 4.78 is 6.96. The Morgan fingerprint density at radius 2 is 2.15 bits per heavy atom. The molecule has 0 aromatic carbocycles. The molecule has 0 atom stereocenters. The van der Waals surface area contributed by atoms with Crippen molar-refractivity contribution in [2.24, 2.45) is 0 Å². The minimum atomic E-state index is 0. The molecule has 0 fully saturated rings. The van der Waals surface area contributed by atoms with Gasteiger partial charge in [-0.25, -0.2) is 9.67 Å². The number of hydrogen-bond acceptors (Lipinski definition) is 5. The first-order valence-electron chi connectivity index (χ1n) is 8.57. The Morgan fingerprint density at radius 1 is 1.31 bits per heavy atom. The zero-order valence-electron chi connectivity index (χ0n) is 14.9. The van der Waals surface area contributed by atoms with Crippen LogP contribution in [0.25, 0.3) is 6.08 Å². The van der Waals surface area contributed by atoms with Crippen LogP contribution in [0.15, 0.2) is 41.0 Å². The molecule has 0 unspecified atom stereocenters. The Labute approximate surface area is 159 Å². The minimum absolute atomic E-state index is 0. The molecule has 0 aliphatic heterocycles. The van der Waals surface area contributed by atoms with E-state index in [0.717, 1.165) is 55.6 Å². The fourth-order valence-corrected chi connectivity index (χ4v) is 2.78. The summed E-state index contributed by atoms with van der Waals surface area (Å²) in [6, 6.07) is 1.94. The van der Waals surface area contributed by atoms with E-state index in [9.17, 15) is 0 Å². The van der Waals surface area contributed by atoms with Gasteiger partial charge in [0.05, 0.1) is 31.0 Å². The molecule has 0 bridgehead atoms. The number of furan rings is 1. The minimum Gasteiger partial charge on any atom is -0.472 e. The van der Waals surface area contributed by atoms with Crippen molar-refractivity contribution in [2.75, 3.05) is 5.73 Å². The van der Waals surface area contributed by atoms with Crippen LogP contribution in [-0.4, -0.2) is 25.0 Å². The first-order valence-corrected chi connectivity index (χ1v) is 8.57. The molecule has 26 heavy (non-hydrogen) atoms. The van der Waals surface area contributed by atoms with Crippen molar-refractivity contribution in [1.82, 2.24) is 25.0 Å². The number of H-pyrrole nitrogens is 1. The van der Waals surface area contributed by atoms with Crippen molar-refractivity contribution in [3.8, 4) is 0 Å². The van der Waals surface area contributed by atoms with Gasteiger partial charge < -0.3 is 15.1 Å². The van der Waals surface area contributed by atoms with E-state index in [1.807, 2.05) is 16.9 Å². The van der Waals surface area contributed by atoms with E-state index in [-0.39, 0.29) is 12.4 Å². The average Bonchev–Trinajstić information content (AvgIpc) is 3.31. The van der Waals surface area contributed by atoms with Gasteiger partial charge in [0.25, 0.3) is 0 Å². The quantitative estimate of drug-likeness (QED) is 0.555. The van der Waals surface area contributed by atoms with Crippen LogP contribution in [0.3, 0.4) is 0 Å². The number of hydrogen-bond donors (Lipinski definition) is 2. The second-order valence-corrected chi connectivity index (χ2v) is 6.31. The van der Waals surface area contributed by atoms with Gasteiger partial charge in [-0.2, -0.15) is 0 Å². The Morgan fingerprint density at radius 3 is 2.88 bits per heavy atom. The molecular weight excluding hydrogens is 352 g/mol. The summed E-state index contributed by atoms with van der Waals surface area (Å²) in [4.78, 5) is 7.06. The topological polar surface area (TPSA) is 98.6 Å². The zero-order chi connectivity index (χ0) is 17.5. The van der Waals surface area contributed by atoms with Crippen LogP contribution in [0.2, 0.25) is 0 Å². The molecule has 0 spiro atoms. The molecule has 0 amide bonds. The molecule has 0 saturated carbocycles. The van der Waals surface area contributed by atoms with Crippen LogP contribution in [0.4, 0.5) is 5.95 Å². The van der Waals surface area contributed by atoms with Crippen molar-refractivity contribution in [3.63, 3.8) is 0 Å². The van der Waals surface area contributed by atoms with Crippen molar-refractivity contribution in [2.45, 2.75) is 45.6 Å². The summed E-state index contributed by atoms with van der Waals surface area (Å²) in [5.41, 5.74) is 9.98. The third-order valence-corrected chi connectivity index (χ3v) is 3.98. The molecule has 3 aromatic heterocycles. The third-order valence-electron chi connectivity index (χ3n) is 3.98. The van der Waals surface area contributed by atoms with Crippen molar-refractivity contribution >= 4 is 24.4 Å². The monoisotopic (exact) mass is 376 g/mol. The van der Waals surface area contributed by atoms with Gasteiger partial charge in [-0.05, 0) is 38.7 Å². The lowest BCUT2D eigenvalue weighted by atomic mass is 10.1. The summed E-state index contributed by atoms with van der Waals surface area (Å²) in [5, 5.41) is 8.47. The molecule has 140 valence electrons. The number of nitrogens with zero attached hydrogens (tertiary/aromatic N) is 4. The van der Waals surface area contributed by atoms with Crippen molar-refractivity contribution in [3.05, 3.63) is 53.5 Å². The Kier molecular flexibility index (Phi) is 7.47. The van der Waals surface area contributed by atoms with Crippen LogP contribution in [0.1, 0.15) is 43.1 Å². The summed E-state index contributed by atoms with van der Waals surface area (Å²) in [5.74, 6) is 0.490. The molecule has 3 N–H and O–H groups in total. The number of nitrogens with one attached hydrogen (secondary N) is 1. The highest BCUT2D eigenvalue weighted by Gasteiger charge is 2.03. The van der Waals surface area contributed by atoms with E-state index in [0.29, 0.717) is 5.95 Å². The van der Waals surface area contributed by atoms with Crippen molar-refractivity contribution in [1.29, 1.82) is 0 Å². The number of unbranched alkanes of at least 4 members (excludes halogenated alkanes) is 2. The maximum Gasteiger partial charge on any atom is 0.197 e. The van der Waals surface area contributed by atoms with Gasteiger partial charge in [-0.15, -0.1) is 17.5 Å². The van der Waals surface area contributed by atoms with Crippen LogP contribution >= 0.6 is 12.4 Å². The molecule has 7 nitrogen and oxygen atoms in total. The second kappa shape index (κ2) is 9.82. The molecule has 3 aromatic rings. The van der Waals surface area contributed by atoms with Gasteiger partial charge >= 0.3 is 0 Å². The highest BCUT2D eigenvalue weighted by molar-refractivity contribution is 5.85. The van der Waals surface area contributed by atoms with E-state index in [1.54, 1.807) is 18.7 Å². The average molecular weight is 377 g/mol. The predicted octanol–water partition coefficient (Wildman–Crippen LogP) is 3.66. The molecule has 0 aliphatic rings. The van der Waals surface area contributed by atoms with E-state index < -0.39 is 0 Å². The highest BCUT2D eigenvalue weighted by atomic mass is 35.5. The largest absolute Gasteiger partial charge is 0.472 e. The number of nitrogen functional groups attached to an aromatic ring is 1. The second-order valence-electron chi connectivity index (χ2n) is 6.31. The summed E-state index contributed by atoms with van der Waals surface area (Å²) in [7, 11) is 0. The molecule has 8 heteroatoms. The maximum absolute atomic E-state index is 5.57. The SMILES string of the molecule is C/C(=C\c1ccoc1)Cn1cc(CCCCCc2cnc(N)[nH]2)nn1.Cl. The van der Waals surface area contributed by atoms with Gasteiger partial charge in [0.2, 0.25) is 0 Å². The number of imidazole rings is 1. The van der Waals surface area contributed by atoms with Gasteiger partial charge in [0.15, 0.2) is 5.95 Å². The lowest BCUT2D eigenvalue weighted by Crippen LogP contribution is -1.99. The van der Waals surface area contributed by atoms with Crippen molar-refractivity contribution < 1.29 is 4.42 Å². The lowest BCUT2D eigenvalue weighted by Gasteiger charge is -2.00. The van der Waals surface area contributed by atoms with Crippen LogP contribution in [0, 0.1) is 0 Å². The number of rotatable bonds is 9. The van der Waals surface area contributed by atoms with Gasteiger partial charge in [0, 0.05) is 17.5 Å². The zero-order valence-corrected chi connectivity index (χ0v) is 15.7. The number of aromatic amines is 1. The Hall–Kier alpha value is -2.54. The number of aryl methyl sites for hydroxylation is 2. The molecular formula is C18H25ClN6O. The fourth-order valence-electron chi connectivity index (χ4n) is 2.78. The normalized spacial score (nSPS) is 11.5. The lowest BCUT2D eigenvalue weighted by molar-refractivity contribution is 0.566. The highest BCUT2D eigenvalue weighted by Crippen LogP contribution is 2.10. The maximum atomic E-state index is 5.57. The van der Waals surface area contributed by atoms with Gasteiger partial charge in [-0.1, -0.05) is 23.3 Å². The van der Waals surface area contributed by atoms with Gasteiger partial charge in [-0.3, -0.25) is 0 Å². The Balaban J connectivity index is 0.00000243. The first-order chi connectivity index (χ1) is 12.2. The summed E-state index contributed by atoms with van der Waals surface area (Å²) >= 11 is 0. The van der Waals surface area contributed by atoms with Crippen LogP contribution in [-0.2, 0) is 19.4 Å². The number of aromatic nitrogens is 5. The number of allylic oxidation sites excluding steroid dienone is 1. The van der Waals surface area contributed by atoms with Crippen LogP contribution < -0.4 is 5.73 Å². The molecule has 0 radical (unpaired) electrons. The molecule has 0 aliphatic carbocycles. The predicted molar refractivity (Wildman–Crippen MR) is 104 cm³/mol. The smallest absolute Gasteiger partial charge is 0.197 e. The fraction of sp³-hybridized carbons (Fsp3) is 0.389. The molecule has 3 heterocycles. The standard InChI is InChI=1S/C18H24N6O.ClH/c1-14(9-15-7-8-25-13-15)11-24-12-17(22-23-24)6-4-2-3-5-16-10-20-18(19)21-16;/h7-10,12-13H,2-6,11H2,1H3,(H3,19,20,21);1H/b14-9+;. The van der Waals surface area contributed by atoms with E-state index in [4.69, 9.17) is 10.2 Å². The van der Waals surface area contributed by atoms with E-state index in [1.165, 1.54) is 5.57 Å². The van der Waals surface area contributed by atoms with Gasteiger partial charge in [0.1, 0.15) is 0 Å². The number of anilines is 1. The summed E-state index contributed by atoms with van der Waals surface area (Å²) in [6.45, 7) is 2.82. The molecule has 3 rings (SSSR count). The molecule has 0 saturated heterocycles. The summed E-state index contributed by atoms with van der Waals surface area (Å²) in [6.07, 6.45) is 14.6. The third kappa shape index (κ3) is 6.07. The van der Waals surface area contributed by atoms with E-state index in [2.05, 4.69) is 33.3 Å². The number of nitrogens with two attached hydrogens (primary N) is 1. The first kappa shape index (κ1) is 19.8. The number of halogens is 1. The van der Waals surface area contributed by atoms with E-state index >= 15 is 0 Å². The van der Waals surface area contributed by atoms with Crippen LogP contribution in [0.5, 0.6) is 0 Å².